The second-order valence-electron chi connectivity index (χ2n) is 3.80. The van der Waals surface area contributed by atoms with Crippen LogP contribution in [-0.2, 0) is 4.74 Å². The summed E-state index contributed by atoms with van der Waals surface area (Å²) in [6, 6.07) is 0. The maximum absolute atomic E-state index is 9.53. The van der Waals surface area contributed by atoms with Crippen LogP contribution in [0.1, 0.15) is 13.8 Å². The van der Waals surface area contributed by atoms with Crippen LogP contribution in [0.25, 0.3) is 0 Å². The van der Waals surface area contributed by atoms with E-state index in [2.05, 4.69) is 0 Å². The summed E-state index contributed by atoms with van der Waals surface area (Å²) in [5, 5.41) is 46.7. The third-order valence-corrected chi connectivity index (χ3v) is 2.37. The third-order valence-electron chi connectivity index (χ3n) is 2.37. The summed E-state index contributed by atoms with van der Waals surface area (Å²) in [5.41, 5.74) is 0.495. The van der Waals surface area contributed by atoms with Gasteiger partial charge in [-0.05, 0) is 19.4 Å². The first-order valence-electron chi connectivity index (χ1n) is 4.60. The monoisotopic (exact) mass is 220 g/mol. The van der Waals surface area contributed by atoms with Crippen LogP contribution in [0.15, 0.2) is 11.3 Å². The van der Waals surface area contributed by atoms with Crippen molar-refractivity contribution in [2.45, 2.75) is 44.6 Å². The lowest BCUT2D eigenvalue weighted by atomic mass is 9.96. The van der Waals surface area contributed by atoms with E-state index < -0.39 is 30.7 Å². The van der Waals surface area contributed by atoms with E-state index in [9.17, 15) is 25.5 Å². The van der Waals surface area contributed by atoms with Crippen LogP contribution in [-0.4, -0.2) is 56.2 Å². The minimum Gasteiger partial charge on any atom is -0.510 e. The molecule has 6 heteroatoms. The SMILES string of the molecule is CC(C)=C(O)[C@H]1O[C@@H](O)[C@H](O)[C@@H](O)[C@H]1O. The fraction of sp³-hybridized carbons (Fsp3) is 0.778. The second-order valence-corrected chi connectivity index (χ2v) is 3.80. The Kier molecular flexibility index (Phi) is 3.69. The van der Waals surface area contributed by atoms with Crippen molar-refractivity contribution in [2.75, 3.05) is 0 Å². The van der Waals surface area contributed by atoms with Gasteiger partial charge in [0, 0.05) is 0 Å². The zero-order valence-electron chi connectivity index (χ0n) is 8.53. The molecule has 5 N–H and O–H groups in total. The van der Waals surface area contributed by atoms with Crippen molar-refractivity contribution in [3.8, 4) is 0 Å². The van der Waals surface area contributed by atoms with Crippen LogP contribution in [0, 0.1) is 0 Å². The Morgan fingerprint density at radius 2 is 1.47 bits per heavy atom. The van der Waals surface area contributed by atoms with Crippen LogP contribution < -0.4 is 0 Å². The standard InChI is InChI=1S/C9H16O6/c1-3(2)4(10)8-6(12)5(11)7(13)9(14)15-8/h5-14H,1-2H3/t5-,6+,7+,8+,9+/m0/s1. The smallest absolute Gasteiger partial charge is 0.184 e. The van der Waals surface area contributed by atoms with E-state index in [1.165, 1.54) is 0 Å². The van der Waals surface area contributed by atoms with Gasteiger partial charge in [0.25, 0.3) is 0 Å². The molecule has 1 saturated heterocycles. The maximum atomic E-state index is 9.53. The number of hydrogen-bond donors (Lipinski definition) is 5. The molecule has 0 spiro atoms. The van der Waals surface area contributed by atoms with E-state index in [1.54, 1.807) is 13.8 Å². The molecule has 0 unspecified atom stereocenters. The molecule has 1 heterocycles. The van der Waals surface area contributed by atoms with Gasteiger partial charge in [-0.25, -0.2) is 0 Å². The molecule has 6 nitrogen and oxygen atoms in total. The predicted octanol–water partition coefficient (Wildman–Crippen LogP) is -1.36. The molecule has 0 aromatic heterocycles. The lowest BCUT2D eigenvalue weighted by Gasteiger charge is -2.38. The van der Waals surface area contributed by atoms with Gasteiger partial charge in [-0.15, -0.1) is 0 Å². The number of aliphatic hydroxyl groups excluding tert-OH is 5. The molecule has 15 heavy (non-hydrogen) atoms. The molecule has 0 aromatic carbocycles. The first-order valence-corrected chi connectivity index (χ1v) is 4.60. The topological polar surface area (TPSA) is 110 Å². The van der Waals surface area contributed by atoms with Gasteiger partial charge < -0.3 is 30.3 Å². The molecule has 0 radical (unpaired) electrons. The molecule has 0 saturated carbocycles. The Labute approximate surface area is 87.0 Å². The van der Waals surface area contributed by atoms with Crippen LogP contribution in [0.5, 0.6) is 0 Å². The van der Waals surface area contributed by atoms with E-state index in [0.29, 0.717) is 5.57 Å². The van der Waals surface area contributed by atoms with Gasteiger partial charge in [0.2, 0.25) is 0 Å². The third kappa shape index (κ3) is 2.30. The number of ether oxygens (including phenoxy) is 1. The maximum Gasteiger partial charge on any atom is 0.184 e. The summed E-state index contributed by atoms with van der Waals surface area (Å²) in [4.78, 5) is 0. The molecule has 0 aliphatic carbocycles. The van der Waals surface area contributed by atoms with Crippen molar-refractivity contribution in [1.82, 2.24) is 0 Å². The van der Waals surface area contributed by atoms with Crippen LogP contribution in [0.2, 0.25) is 0 Å². The highest BCUT2D eigenvalue weighted by molar-refractivity contribution is 5.11. The zero-order valence-corrected chi connectivity index (χ0v) is 8.53. The molecule has 0 amide bonds. The average molecular weight is 220 g/mol. The summed E-state index contributed by atoms with van der Waals surface area (Å²) >= 11 is 0. The molecular formula is C9H16O6. The van der Waals surface area contributed by atoms with Gasteiger partial charge in [0.1, 0.15) is 30.2 Å². The zero-order chi connectivity index (χ0) is 11.7. The average Bonchev–Trinajstić information content (AvgIpc) is 2.19. The molecule has 1 fully saturated rings. The molecule has 1 aliphatic rings. The Bertz CT molecular complexity index is 259. The van der Waals surface area contributed by atoms with E-state index in [4.69, 9.17) is 4.74 Å². The largest absolute Gasteiger partial charge is 0.510 e. The van der Waals surface area contributed by atoms with E-state index in [1.807, 2.05) is 0 Å². The van der Waals surface area contributed by atoms with E-state index >= 15 is 0 Å². The first-order chi connectivity index (χ1) is 6.86. The predicted molar refractivity (Wildman–Crippen MR) is 49.9 cm³/mol. The number of allylic oxidation sites excluding steroid dienone is 1. The fourth-order valence-electron chi connectivity index (χ4n) is 1.37. The Morgan fingerprint density at radius 3 is 1.93 bits per heavy atom. The summed E-state index contributed by atoms with van der Waals surface area (Å²) < 4.78 is 4.79. The van der Waals surface area contributed by atoms with Crippen LogP contribution in [0.4, 0.5) is 0 Å². The van der Waals surface area contributed by atoms with Crippen molar-refractivity contribution < 1.29 is 30.3 Å². The van der Waals surface area contributed by atoms with Gasteiger partial charge in [-0.2, -0.15) is 0 Å². The fourth-order valence-corrected chi connectivity index (χ4v) is 1.37. The van der Waals surface area contributed by atoms with Crippen molar-refractivity contribution in [1.29, 1.82) is 0 Å². The van der Waals surface area contributed by atoms with Crippen molar-refractivity contribution in [3.63, 3.8) is 0 Å². The second kappa shape index (κ2) is 4.46. The summed E-state index contributed by atoms with van der Waals surface area (Å²) in [6.07, 6.45) is -7.46. The van der Waals surface area contributed by atoms with Crippen LogP contribution in [0.3, 0.4) is 0 Å². The minimum absolute atomic E-state index is 0.257. The molecule has 0 aromatic rings. The number of hydrogen-bond acceptors (Lipinski definition) is 6. The molecular weight excluding hydrogens is 204 g/mol. The highest BCUT2D eigenvalue weighted by Gasteiger charge is 2.44. The highest BCUT2D eigenvalue weighted by Crippen LogP contribution is 2.24. The normalized spacial score (nSPS) is 41.3. The lowest BCUT2D eigenvalue weighted by Crippen LogP contribution is -2.58. The number of rotatable bonds is 1. The highest BCUT2D eigenvalue weighted by atomic mass is 16.6. The minimum atomic E-state index is -1.63. The van der Waals surface area contributed by atoms with Gasteiger partial charge >= 0.3 is 0 Å². The molecule has 88 valence electrons. The Morgan fingerprint density at radius 1 is 0.933 bits per heavy atom. The molecule has 1 rings (SSSR count). The van der Waals surface area contributed by atoms with Crippen molar-refractivity contribution in [2.24, 2.45) is 0 Å². The molecule has 0 bridgehead atoms. The molecule has 1 aliphatic heterocycles. The Hall–Kier alpha value is -0.660. The van der Waals surface area contributed by atoms with Gasteiger partial charge in [0.05, 0.1) is 0 Å². The van der Waals surface area contributed by atoms with Crippen molar-refractivity contribution >= 4 is 0 Å². The van der Waals surface area contributed by atoms with E-state index in [-0.39, 0.29) is 5.76 Å². The van der Waals surface area contributed by atoms with Gasteiger partial charge in [0.15, 0.2) is 6.29 Å². The summed E-state index contributed by atoms with van der Waals surface area (Å²) in [6.45, 7) is 3.18. The van der Waals surface area contributed by atoms with E-state index in [0.717, 1.165) is 0 Å². The molecule has 5 atom stereocenters. The summed E-state index contributed by atoms with van der Waals surface area (Å²) in [5.74, 6) is -0.257. The van der Waals surface area contributed by atoms with Gasteiger partial charge in [-0.3, -0.25) is 0 Å². The van der Waals surface area contributed by atoms with Crippen molar-refractivity contribution in [3.05, 3.63) is 11.3 Å². The van der Waals surface area contributed by atoms with Crippen LogP contribution >= 0.6 is 0 Å². The quantitative estimate of drug-likeness (QED) is 0.349. The summed E-state index contributed by atoms with van der Waals surface area (Å²) in [7, 11) is 0. The first kappa shape index (κ1) is 12.4. The number of aliphatic hydroxyl groups is 5. The Balaban J connectivity index is 2.89. The van der Waals surface area contributed by atoms with Gasteiger partial charge in [-0.1, -0.05) is 0 Å². The lowest BCUT2D eigenvalue weighted by molar-refractivity contribution is -0.278.